The van der Waals surface area contributed by atoms with Crippen molar-refractivity contribution in [1.82, 2.24) is 10.3 Å². The molecule has 1 aliphatic rings. The number of rotatable bonds is 7. The zero-order chi connectivity index (χ0) is 20.5. The van der Waals surface area contributed by atoms with E-state index in [1.807, 2.05) is 12.1 Å². The molecule has 8 heteroatoms. The third-order valence-corrected chi connectivity index (χ3v) is 4.10. The van der Waals surface area contributed by atoms with Crippen LogP contribution in [0.3, 0.4) is 0 Å². The van der Waals surface area contributed by atoms with Crippen molar-refractivity contribution in [1.29, 1.82) is 0 Å². The second-order valence-corrected chi connectivity index (χ2v) is 6.13. The van der Waals surface area contributed by atoms with Crippen molar-refractivity contribution in [3.63, 3.8) is 0 Å². The van der Waals surface area contributed by atoms with Crippen LogP contribution in [0.15, 0.2) is 47.4 Å². The van der Waals surface area contributed by atoms with E-state index < -0.39 is 18.2 Å². The summed E-state index contributed by atoms with van der Waals surface area (Å²) in [7, 11) is 0. The molecule has 152 valence electrons. The number of hydrogen-bond acceptors (Lipinski definition) is 8. The van der Waals surface area contributed by atoms with Crippen LogP contribution in [0.4, 0.5) is 9.59 Å². The lowest BCUT2D eigenvalue weighted by atomic mass is 9.92. The number of aromatic nitrogens is 1. The molecule has 0 amide bonds. The van der Waals surface area contributed by atoms with Gasteiger partial charge in [-0.1, -0.05) is 6.07 Å². The van der Waals surface area contributed by atoms with Crippen molar-refractivity contribution in [3.05, 3.63) is 53.0 Å². The van der Waals surface area contributed by atoms with E-state index in [0.29, 0.717) is 35.8 Å². The Bertz CT molecular complexity index is 715. The van der Waals surface area contributed by atoms with Gasteiger partial charge in [-0.3, -0.25) is 4.98 Å². The third-order valence-electron chi connectivity index (χ3n) is 4.10. The minimum absolute atomic E-state index is 0.194. The lowest BCUT2D eigenvalue weighted by Crippen LogP contribution is -2.30. The number of pyridine rings is 1. The van der Waals surface area contributed by atoms with Gasteiger partial charge in [-0.05, 0) is 52.2 Å². The van der Waals surface area contributed by atoms with Crippen LogP contribution in [0.2, 0.25) is 0 Å². The summed E-state index contributed by atoms with van der Waals surface area (Å²) in [6.45, 7) is 7.36. The zero-order valence-electron chi connectivity index (χ0n) is 16.6. The predicted molar refractivity (Wildman–Crippen MR) is 101 cm³/mol. The Morgan fingerprint density at radius 2 is 1.61 bits per heavy atom. The van der Waals surface area contributed by atoms with Gasteiger partial charge in [0, 0.05) is 12.4 Å². The highest BCUT2D eigenvalue weighted by Gasteiger charge is 2.34. The summed E-state index contributed by atoms with van der Waals surface area (Å²) in [4.78, 5) is 28.0. The molecule has 1 N–H and O–H groups in total. The second-order valence-electron chi connectivity index (χ2n) is 6.13. The first-order chi connectivity index (χ1) is 13.5. The lowest BCUT2D eigenvalue weighted by molar-refractivity contribution is 0.0574. The first-order valence-electron chi connectivity index (χ1n) is 9.22. The largest absolute Gasteiger partial charge is 0.513 e. The fraction of sp³-hybridized carbons (Fsp3) is 0.450. The molecule has 2 rings (SSSR count). The predicted octanol–water partition coefficient (Wildman–Crippen LogP) is 4.04. The molecule has 28 heavy (non-hydrogen) atoms. The molecule has 0 saturated heterocycles. The topological polar surface area (TPSA) is 96.0 Å². The van der Waals surface area contributed by atoms with Crippen molar-refractivity contribution in [2.45, 2.75) is 40.5 Å². The monoisotopic (exact) mass is 390 g/mol. The average Bonchev–Trinajstić information content (AvgIpc) is 2.66. The number of carbonyl (C=O) groups is 2. The Labute approximate surface area is 164 Å². The number of allylic oxidation sites excluding steroid dienone is 2. The van der Waals surface area contributed by atoms with Crippen molar-refractivity contribution in [2.75, 3.05) is 13.2 Å². The molecule has 8 nitrogen and oxygen atoms in total. The Balaban J connectivity index is 2.28. The normalized spacial score (nSPS) is 14.4. The van der Waals surface area contributed by atoms with Crippen LogP contribution in [0.1, 0.15) is 39.7 Å². The van der Waals surface area contributed by atoms with Gasteiger partial charge in [-0.25, -0.2) is 9.59 Å². The molecule has 1 aliphatic heterocycles. The standard InChI is InChI=1S/C20H26N2O6/c1-5-25-19(23)27-17-13(3)22-14(4)18(28-20(24)26-6-2)16(17)10-9-15-8-7-11-21-12-15/h7-8,11-12,16,22H,5-6,9-10H2,1-4H3. The summed E-state index contributed by atoms with van der Waals surface area (Å²) >= 11 is 0. The molecule has 0 saturated carbocycles. The number of nitrogens with one attached hydrogen (secondary N) is 1. The molecule has 0 aromatic carbocycles. The van der Waals surface area contributed by atoms with Crippen LogP contribution in [0.25, 0.3) is 0 Å². The molecule has 0 fully saturated rings. The van der Waals surface area contributed by atoms with E-state index in [-0.39, 0.29) is 13.2 Å². The Kier molecular flexibility index (Phi) is 7.86. The molecule has 1 aromatic heterocycles. The van der Waals surface area contributed by atoms with Crippen molar-refractivity contribution in [2.24, 2.45) is 5.92 Å². The van der Waals surface area contributed by atoms with Crippen molar-refractivity contribution >= 4 is 12.3 Å². The molecule has 2 heterocycles. The lowest BCUT2D eigenvalue weighted by Gasteiger charge is -2.30. The molecule has 0 radical (unpaired) electrons. The Morgan fingerprint density at radius 1 is 1.04 bits per heavy atom. The Hall–Kier alpha value is -3.03. The molecule has 0 aliphatic carbocycles. The van der Waals surface area contributed by atoms with Crippen molar-refractivity contribution in [3.8, 4) is 0 Å². The second kappa shape index (κ2) is 10.3. The fourth-order valence-electron chi connectivity index (χ4n) is 2.93. The van der Waals surface area contributed by atoms with Crippen LogP contribution in [0, 0.1) is 5.92 Å². The third kappa shape index (κ3) is 5.73. The average molecular weight is 390 g/mol. The van der Waals surface area contributed by atoms with Gasteiger partial charge in [-0.2, -0.15) is 0 Å². The van der Waals surface area contributed by atoms with Gasteiger partial charge in [0.15, 0.2) is 0 Å². The molecular formula is C20H26N2O6. The summed E-state index contributed by atoms with van der Waals surface area (Å²) < 4.78 is 20.7. The van der Waals surface area contributed by atoms with E-state index >= 15 is 0 Å². The number of aryl methyl sites for hydroxylation is 1. The highest BCUT2D eigenvalue weighted by molar-refractivity contribution is 5.63. The van der Waals surface area contributed by atoms with Gasteiger partial charge in [-0.15, -0.1) is 0 Å². The van der Waals surface area contributed by atoms with Gasteiger partial charge >= 0.3 is 12.3 Å². The molecule has 0 atom stereocenters. The van der Waals surface area contributed by atoms with Crippen LogP contribution in [-0.2, 0) is 25.4 Å². The first kappa shape index (κ1) is 21.3. The van der Waals surface area contributed by atoms with Crippen LogP contribution in [0.5, 0.6) is 0 Å². The number of carbonyl (C=O) groups excluding carboxylic acids is 2. The summed E-state index contributed by atoms with van der Waals surface area (Å²) in [6.07, 6.45) is 3.04. The molecular weight excluding hydrogens is 364 g/mol. The number of dihydropyridines is 1. The maximum Gasteiger partial charge on any atom is 0.513 e. The van der Waals surface area contributed by atoms with Crippen molar-refractivity contribution < 1.29 is 28.5 Å². The quantitative estimate of drug-likeness (QED) is 0.697. The van der Waals surface area contributed by atoms with Gasteiger partial charge in [0.1, 0.15) is 11.5 Å². The number of hydrogen-bond donors (Lipinski definition) is 1. The first-order valence-corrected chi connectivity index (χ1v) is 9.22. The number of ether oxygens (including phenoxy) is 4. The molecule has 0 bridgehead atoms. The smallest absolute Gasteiger partial charge is 0.434 e. The highest BCUT2D eigenvalue weighted by atomic mass is 16.7. The van der Waals surface area contributed by atoms with Gasteiger partial charge in [0.2, 0.25) is 0 Å². The van der Waals surface area contributed by atoms with Gasteiger partial charge < -0.3 is 24.3 Å². The molecule has 1 aromatic rings. The number of nitrogens with zero attached hydrogens (tertiary/aromatic N) is 1. The SMILES string of the molecule is CCOC(=O)OC1=C(C)NC(C)=C(OC(=O)OCC)C1CCc1cccnc1. The fourth-order valence-corrected chi connectivity index (χ4v) is 2.93. The van der Waals surface area contributed by atoms with E-state index in [0.717, 1.165) is 5.56 Å². The summed E-state index contributed by atoms with van der Waals surface area (Å²) in [5, 5.41) is 3.08. The van der Waals surface area contributed by atoms with Crippen LogP contribution in [-0.4, -0.2) is 30.5 Å². The van der Waals surface area contributed by atoms with Gasteiger partial charge in [0.25, 0.3) is 0 Å². The van der Waals surface area contributed by atoms with E-state index in [1.54, 1.807) is 40.1 Å². The maximum atomic E-state index is 11.9. The summed E-state index contributed by atoms with van der Waals surface area (Å²) in [6, 6.07) is 3.81. The van der Waals surface area contributed by atoms with E-state index in [9.17, 15) is 9.59 Å². The minimum Gasteiger partial charge on any atom is -0.434 e. The van der Waals surface area contributed by atoms with E-state index in [1.165, 1.54) is 0 Å². The van der Waals surface area contributed by atoms with Gasteiger partial charge in [0.05, 0.1) is 30.5 Å². The maximum absolute atomic E-state index is 11.9. The minimum atomic E-state index is -0.805. The summed E-state index contributed by atoms with van der Waals surface area (Å²) in [5.41, 5.74) is 2.32. The zero-order valence-corrected chi connectivity index (χ0v) is 16.6. The van der Waals surface area contributed by atoms with Crippen LogP contribution < -0.4 is 5.32 Å². The molecule has 0 unspecified atom stereocenters. The van der Waals surface area contributed by atoms with Crippen LogP contribution >= 0.6 is 0 Å². The summed E-state index contributed by atoms with van der Waals surface area (Å²) in [5.74, 6) is 0.245. The molecule has 0 spiro atoms. The van der Waals surface area contributed by atoms with E-state index in [4.69, 9.17) is 18.9 Å². The highest BCUT2D eigenvalue weighted by Crippen LogP contribution is 2.35. The van der Waals surface area contributed by atoms with E-state index in [2.05, 4.69) is 10.3 Å². The Morgan fingerprint density at radius 3 is 2.07 bits per heavy atom.